The van der Waals surface area contributed by atoms with E-state index in [0.29, 0.717) is 6.54 Å². The molecule has 1 aromatic carbocycles. The van der Waals surface area contributed by atoms with Crippen LogP contribution in [-0.2, 0) is 6.54 Å². The fourth-order valence-electron chi connectivity index (χ4n) is 1.82. The SMILES string of the molecule is O=C1NCc2cc(-c3ccncn3)ccc2N1. The highest BCUT2D eigenvalue weighted by molar-refractivity contribution is 5.92. The van der Waals surface area contributed by atoms with Crippen LogP contribution in [0.2, 0.25) is 0 Å². The lowest BCUT2D eigenvalue weighted by Gasteiger charge is -2.18. The molecule has 0 spiro atoms. The first-order chi connectivity index (χ1) is 8.33. The van der Waals surface area contributed by atoms with Crippen molar-refractivity contribution in [1.82, 2.24) is 15.3 Å². The lowest BCUT2D eigenvalue weighted by molar-refractivity contribution is 0.251. The van der Waals surface area contributed by atoms with E-state index in [1.54, 1.807) is 6.20 Å². The number of fused-ring (bicyclic) bond motifs is 1. The molecular formula is C12H10N4O. The summed E-state index contributed by atoms with van der Waals surface area (Å²) in [5, 5.41) is 5.49. The summed E-state index contributed by atoms with van der Waals surface area (Å²) < 4.78 is 0. The third-order valence-corrected chi connectivity index (χ3v) is 2.67. The molecule has 2 heterocycles. The number of benzene rings is 1. The summed E-state index contributed by atoms with van der Waals surface area (Å²) in [6, 6.07) is 7.55. The first-order valence-electron chi connectivity index (χ1n) is 5.27. The molecule has 5 heteroatoms. The van der Waals surface area contributed by atoms with Crippen molar-refractivity contribution in [1.29, 1.82) is 0 Å². The molecule has 0 radical (unpaired) electrons. The van der Waals surface area contributed by atoms with E-state index in [1.807, 2.05) is 24.3 Å². The second kappa shape index (κ2) is 3.86. The van der Waals surface area contributed by atoms with Gasteiger partial charge in [0.05, 0.1) is 5.69 Å². The van der Waals surface area contributed by atoms with Gasteiger partial charge >= 0.3 is 6.03 Å². The van der Waals surface area contributed by atoms with Crippen LogP contribution in [0.5, 0.6) is 0 Å². The Bertz CT molecular complexity index is 568. The summed E-state index contributed by atoms with van der Waals surface area (Å²) in [5.41, 5.74) is 3.80. The highest BCUT2D eigenvalue weighted by Gasteiger charge is 2.14. The molecule has 3 rings (SSSR count). The molecule has 0 unspecified atom stereocenters. The zero-order valence-corrected chi connectivity index (χ0v) is 8.97. The Hall–Kier alpha value is -2.43. The minimum Gasteiger partial charge on any atom is -0.334 e. The summed E-state index contributed by atoms with van der Waals surface area (Å²) in [7, 11) is 0. The van der Waals surface area contributed by atoms with Crippen LogP contribution in [0.15, 0.2) is 36.8 Å². The van der Waals surface area contributed by atoms with Gasteiger partial charge in [-0.15, -0.1) is 0 Å². The highest BCUT2D eigenvalue weighted by atomic mass is 16.2. The van der Waals surface area contributed by atoms with E-state index < -0.39 is 0 Å². The predicted molar refractivity (Wildman–Crippen MR) is 63.3 cm³/mol. The average Bonchev–Trinajstić information content (AvgIpc) is 2.39. The van der Waals surface area contributed by atoms with Crippen molar-refractivity contribution in [2.24, 2.45) is 0 Å². The number of aromatic nitrogens is 2. The van der Waals surface area contributed by atoms with Crippen LogP contribution in [0.3, 0.4) is 0 Å². The van der Waals surface area contributed by atoms with Gasteiger partial charge in [0.15, 0.2) is 0 Å². The zero-order valence-electron chi connectivity index (χ0n) is 8.97. The standard InChI is InChI=1S/C12H10N4O/c17-12-14-6-9-5-8(1-2-11(9)16-12)10-3-4-13-7-15-10/h1-5,7H,6H2,(H2,14,16,17). The fraction of sp³-hybridized carbons (Fsp3) is 0.0833. The highest BCUT2D eigenvalue weighted by Crippen LogP contribution is 2.25. The third kappa shape index (κ3) is 1.82. The third-order valence-electron chi connectivity index (χ3n) is 2.67. The van der Waals surface area contributed by atoms with E-state index in [9.17, 15) is 4.79 Å². The van der Waals surface area contributed by atoms with E-state index >= 15 is 0 Å². The molecule has 84 valence electrons. The van der Waals surface area contributed by atoms with Crippen LogP contribution in [0.25, 0.3) is 11.3 Å². The fourth-order valence-corrected chi connectivity index (χ4v) is 1.82. The quantitative estimate of drug-likeness (QED) is 0.778. The first-order valence-corrected chi connectivity index (χ1v) is 5.27. The minimum absolute atomic E-state index is 0.160. The molecule has 2 N–H and O–H groups in total. The van der Waals surface area contributed by atoms with Crippen LogP contribution >= 0.6 is 0 Å². The van der Waals surface area contributed by atoms with E-state index in [-0.39, 0.29) is 6.03 Å². The van der Waals surface area contributed by atoms with Crippen molar-refractivity contribution in [2.75, 3.05) is 5.32 Å². The van der Waals surface area contributed by atoms with Gasteiger partial charge < -0.3 is 10.6 Å². The van der Waals surface area contributed by atoms with Crippen molar-refractivity contribution in [2.45, 2.75) is 6.54 Å². The van der Waals surface area contributed by atoms with Gasteiger partial charge in [0.1, 0.15) is 6.33 Å². The second-order valence-electron chi connectivity index (χ2n) is 3.77. The van der Waals surface area contributed by atoms with Crippen molar-refractivity contribution in [3.05, 3.63) is 42.4 Å². The number of carbonyl (C=O) groups excluding carboxylic acids is 1. The zero-order chi connectivity index (χ0) is 11.7. The van der Waals surface area contributed by atoms with E-state index in [1.165, 1.54) is 6.33 Å². The molecule has 0 saturated heterocycles. The molecular weight excluding hydrogens is 216 g/mol. The van der Waals surface area contributed by atoms with Crippen molar-refractivity contribution < 1.29 is 4.79 Å². The molecule has 0 aliphatic carbocycles. The largest absolute Gasteiger partial charge is 0.334 e. The summed E-state index contributed by atoms with van der Waals surface area (Å²) in [6.07, 6.45) is 3.23. The summed E-state index contributed by atoms with van der Waals surface area (Å²) in [4.78, 5) is 19.2. The number of hydrogen-bond donors (Lipinski definition) is 2. The number of anilines is 1. The van der Waals surface area contributed by atoms with Gasteiger partial charge in [0.25, 0.3) is 0 Å². The molecule has 0 fully saturated rings. The monoisotopic (exact) mass is 226 g/mol. The predicted octanol–water partition coefficient (Wildman–Crippen LogP) is 1.78. The Morgan fingerprint density at radius 3 is 3.00 bits per heavy atom. The molecule has 1 aromatic heterocycles. The Morgan fingerprint density at radius 2 is 2.18 bits per heavy atom. The normalized spacial score (nSPS) is 13.5. The van der Waals surface area contributed by atoms with Crippen molar-refractivity contribution in [3.63, 3.8) is 0 Å². The molecule has 2 aromatic rings. The molecule has 0 saturated carbocycles. The van der Waals surface area contributed by atoms with Gasteiger partial charge in [-0.1, -0.05) is 6.07 Å². The van der Waals surface area contributed by atoms with E-state index in [4.69, 9.17) is 0 Å². The molecule has 5 nitrogen and oxygen atoms in total. The number of carbonyl (C=O) groups is 1. The maximum atomic E-state index is 11.1. The van der Waals surface area contributed by atoms with Crippen molar-refractivity contribution >= 4 is 11.7 Å². The maximum absolute atomic E-state index is 11.1. The molecule has 1 aliphatic heterocycles. The molecule has 0 bridgehead atoms. The molecule has 2 amide bonds. The Labute approximate surface area is 97.9 Å². The minimum atomic E-state index is -0.160. The van der Waals surface area contributed by atoms with Gasteiger partial charge in [-0.3, -0.25) is 0 Å². The van der Waals surface area contributed by atoms with Gasteiger partial charge in [-0.25, -0.2) is 14.8 Å². The number of nitrogens with one attached hydrogen (secondary N) is 2. The van der Waals surface area contributed by atoms with Crippen LogP contribution in [0.1, 0.15) is 5.56 Å². The lowest BCUT2D eigenvalue weighted by atomic mass is 10.0. The first kappa shape index (κ1) is 9.77. The lowest BCUT2D eigenvalue weighted by Crippen LogP contribution is -2.33. The van der Waals surface area contributed by atoms with Crippen LogP contribution in [0, 0.1) is 0 Å². The molecule has 17 heavy (non-hydrogen) atoms. The molecule has 1 aliphatic rings. The van der Waals surface area contributed by atoms with E-state index in [2.05, 4.69) is 20.6 Å². The van der Waals surface area contributed by atoms with Crippen LogP contribution in [0.4, 0.5) is 10.5 Å². The van der Waals surface area contributed by atoms with Gasteiger partial charge in [-0.2, -0.15) is 0 Å². The topological polar surface area (TPSA) is 66.9 Å². The number of nitrogens with zero attached hydrogens (tertiary/aromatic N) is 2. The Kier molecular flexibility index (Phi) is 2.22. The van der Waals surface area contributed by atoms with Crippen molar-refractivity contribution in [3.8, 4) is 11.3 Å². The smallest absolute Gasteiger partial charge is 0.319 e. The average molecular weight is 226 g/mol. The number of rotatable bonds is 1. The van der Waals surface area contributed by atoms with Gasteiger partial charge in [0, 0.05) is 24.0 Å². The number of urea groups is 1. The Balaban J connectivity index is 2.02. The maximum Gasteiger partial charge on any atom is 0.319 e. The summed E-state index contributed by atoms with van der Waals surface area (Å²) >= 11 is 0. The number of hydrogen-bond acceptors (Lipinski definition) is 3. The van der Waals surface area contributed by atoms with Crippen LogP contribution < -0.4 is 10.6 Å². The van der Waals surface area contributed by atoms with Crippen LogP contribution in [-0.4, -0.2) is 16.0 Å². The number of amides is 2. The molecule has 0 atom stereocenters. The van der Waals surface area contributed by atoms with Gasteiger partial charge in [0.2, 0.25) is 0 Å². The van der Waals surface area contributed by atoms with E-state index in [0.717, 1.165) is 22.5 Å². The second-order valence-corrected chi connectivity index (χ2v) is 3.77. The van der Waals surface area contributed by atoms with Gasteiger partial charge in [-0.05, 0) is 23.8 Å². The Morgan fingerprint density at radius 1 is 1.24 bits per heavy atom. The summed E-state index contributed by atoms with van der Waals surface area (Å²) in [5.74, 6) is 0. The summed E-state index contributed by atoms with van der Waals surface area (Å²) in [6.45, 7) is 0.542.